The molecule has 2 aromatic heterocycles. The maximum absolute atomic E-state index is 15.2. The number of ether oxygens (including phenoxy) is 3. The van der Waals surface area contributed by atoms with E-state index in [2.05, 4.69) is 39.8 Å². The molecular weight excluding hydrogens is 875 g/mol. The Morgan fingerprint density at radius 1 is 0.881 bits per heavy atom. The van der Waals surface area contributed by atoms with Crippen LogP contribution >= 0.6 is 7.75 Å². The number of benzene rings is 2. The summed E-state index contributed by atoms with van der Waals surface area (Å²) < 4.78 is 61.8. The van der Waals surface area contributed by atoms with Gasteiger partial charge in [-0.3, -0.25) is 18.7 Å². The quantitative estimate of drug-likeness (QED) is 0.0152. The van der Waals surface area contributed by atoms with Gasteiger partial charge < -0.3 is 24.5 Å². The monoisotopic (exact) mass is 947 g/mol. The lowest BCUT2D eigenvalue weighted by atomic mass is 9.98. The number of nitrogens with two attached hydrogens (primary N) is 1. The van der Waals surface area contributed by atoms with E-state index in [-0.39, 0.29) is 48.6 Å². The Labute approximate surface area is 396 Å². The number of para-hydroxylation sites is 1. The van der Waals surface area contributed by atoms with Crippen LogP contribution in [0.25, 0.3) is 11.2 Å². The van der Waals surface area contributed by atoms with Crippen LogP contribution in [0.5, 0.6) is 5.75 Å². The van der Waals surface area contributed by atoms with Crippen LogP contribution in [-0.2, 0) is 39.3 Å². The number of carbonyl (C=O) groups is 2. The summed E-state index contributed by atoms with van der Waals surface area (Å²) in [6, 6.07) is 16.4. The van der Waals surface area contributed by atoms with Gasteiger partial charge in [0.05, 0.1) is 12.9 Å². The molecule has 1 aliphatic rings. The van der Waals surface area contributed by atoms with Crippen LogP contribution in [0.1, 0.15) is 160 Å². The van der Waals surface area contributed by atoms with Crippen LogP contribution in [0.4, 0.5) is 10.2 Å². The third kappa shape index (κ3) is 17.3. The molecule has 5 rings (SSSR count). The Bertz CT molecular complexity index is 2170. The zero-order chi connectivity index (χ0) is 47.7. The van der Waals surface area contributed by atoms with Crippen molar-refractivity contribution in [2.45, 2.75) is 179 Å². The summed E-state index contributed by atoms with van der Waals surface area (Å²) in [5.41, 5.74) is 5.04. The predicted molar refractivity (Wildman–Crippen MR) is 258 cm³/mol. The Balaban J connectivity index is 1.31. The Hall–Kier alpha value is -4.87. The van der Waals surface area contributed by atoms with Crippen LogP contribution < -0.4 is 15.3 Å². The van der Waals surface area contributed by atoms with Crippen molar-refractivity contribution in [3.63, 3.8) is 0 Å². The lowest BCUT2D eigenvalue weighted by molar-refractivity contribution is -0.158. The van der Waals surface area contributed by atoms with Gasteiger partial charge in [-0.25, -0.2) is 9.55 Å². The van der Waals surface area contributed by atoms with E-state index in [1.807, 2.05) is 30.3 Å². The molecule has 0 spiro atoms. The third-order valence-corrected chi connectivity index (χ3v) is 13.6. The summed E-state index contributed by atoms with van der Waals surface area (Å²) in [5, 5.41) is 2.89. The van der Waals surface area contributed by atoms with Crippen LogP contribution in [-0.4, -0.2) is 62.4 Å². The number of hydrogen-bond donors (Lipinski definition) is 2. The summed E-state index contributed by atoms with van der Waals surface area (Å²) in [4.78, 5) is 39.2. The lowest BCUT2D eigenvalue weighted by Gasteiger charge is -2.31. The SMILES string of the molecule is C#C[C@]1(CO[P@@](=O)(N[C@@H](Cc2ccccc2)C(=O)OCCCCCCCCCCCCCC)Oc2ccccc2)O[C@@H](n2cnc3c(N)nc(F)nc32)C[C@@H]1OC(=O)CCCCCCCCC. The third-order valence-electron chi connectivity index (χ3n) is 12.1. The van der Waals surface area contributed by atoms with Gasteiger partial charge in [0.2, 0.25) is 0 Å². The average Bonchev–Trinajstić information content (AvgIpc) is 3.91. The standard InChI is InChI=1S/C51H72FN6O8P/c1-4-7-9-11-13-14-15-16-17-19-21-29-35-62-49(60)42(36-40-30-24-22-25-31-40)57-67(61,66-41-32-26-23-27-33-41)63-38-51(6-3)43(64-45(59)34-28-20-18-12-10-8-5-2)37-44(65-51)58-39-54-46-47(53)55-50(52)56-48(46)58/h3,22-27,30-33,39,42-44H,4-5,7-21,28-29,34-38H2,1-2H3,(H,57,61)(H2,53,55,56)/t42-,43-,44+,51+,67-/m0/s1. The number of hydrogen-bond acceptors (Lipinski definition) is 12. The number of esters is 2. The highest BCUT2D eigenvalue weighted by Crippen LogP contribution is 2.49. The van der Waals surface area contributed by atoms with Gasteiger partial charge in [0.1, 0.15) is 30.7 Å². The molecule has 3 N–H and O–H groups in total. The van der Waals surface area contributed by atoms with Crippen LogP contribution in [0.2, 0.25) is 0 Å². The Morgan fingerprint density at radius 3 is 2.07 bits per heavy atom. The fourth-order valence-electron chi connectivity index (χ4n) is 8.24. The minimum absolute atomic E-state index is 0.0300. The summed E-state index contributed by atoms with van der Waals surface area (Å²) in [5.74, 6) is 1.50. The summed E-state index contributed by atoms with van der Waals surface area (Å²) in [6.45, 7) is 3.96. The van der Waals surface area contributed by atoms with E-state index in [1.165, 1.54) is 68.7 Å². The second-order valence-electron chi connectivity index (χ2n) is 17.5. The number of aromatic nitrogens is 4. The maximum Gasteiger partial charge on any atom is 0.459 e. The molecule has 1 aliphatic heterocycles. The molecule has 1 fully saturated rings. The van der Waals surface area contributed by atoms with Gasteiger partial charge >= 0.3 is 25.8 Å². The van der Waals surface area contributed by atoms with Gasteiger partial charge in [0, 0.05) is 12.8 Å². The topological polar surface area (TPSA) is 179 Å². The normalized spacial score (nSPS) is 18.3. The molecule has 3 heterocycles. The van der Waals surface area contributed by atoms with Gasteiger partial charge in [0.15, 0.2) is 22.6 Å². The summed E-state index contributed by atoms with van der Waals surface area (Å²) in [7, 11) is -4.57. The minimum Gasteiger partial charge on any atom is -0.465 e. The fraction of sp³-hybridized carbons (Fsp3) is 0.588. The molecule has 0 aliphatic carbocycles. The highest BCUT2D eigenvalue weighted by Gasteiger charge is 2.53. The van der Waals surface area contributed by atoms with E-state index < -0.39 is 56.3 Å². The molecule has 366 valence electrons. The Kier molecular flexibility index (Phi) is 22.5. The first-order valence-corrected chi connectivity index (χ1v) is 26.1. The van der Waals surface area contributed by atoms with Crippen LogP contribution in [0.15, 0.2) is 67.0 Å². The molecule has 1 saturated heterocycles. The van der Waals surface area contributed by atoms with Crippen molar-refractivity contribution < 1.29 is 41.8 Å². The first-order chi connectivity index (χ1) is 32.6. The number of nitrogen functional groups attached to an aromatic ring is 1. The number of unbranched alkanes of at least 4 members (excludes halogenated alkanes) is 17. The van der Waals surface area contributed by atoms with Crippen molar-refractivity contribution in [2.75, 3.05) is 18.9 Å². The van der Waals surface area contributed by atoms with Crippen LogP contribution in [0.3, 0.4) is 0 Å². The predicted octanol–water partition coefficient (Wildman–Crippen LogP) is 11.5. The van der Waals surface area contributed by atoms with E-state index in [9.17, 15) is 14.0 Å². The number of anilines is 1. The smallest absolute Gasteiger partial charge is 0.459 e. The van der Waals surface area contributed by atoms with Crippen LogP contribution in [0, 0.1) is 18.4 Å². The fourth-order valence-corrected chi connectivity index (χ4v) is 9.76. The van der Waals surface area contributed by atoms with E-state index in [0.717, 1.165) is 56.9 Å². The van der Waals surface area contributed by atoms with E-state index >= 15 is 4.57 Å². The molecule has 2 aromatic carbocycles. The minimum atomic E-state index is -4.57. The highest BCUT2D eigenvalue weighted by atomic mass is 31.2. The number of carbonyl (C=O) groups excluding carboxylic acids is 2. The van der Waals surface area contributed by atoms with Crippen molar-refractivity contribution in [1.82, 2.24) is 24.6 Å². The number of imidazole rings is 1. The van der Waals surface area contributed by atoms with Crippen molar-refractivity contribution in [1.29, 1.82) is 0 Å². The average molecular weight is 947 g/mol. The molecule has 0 amide bonds. The zero-order valence-electron chi connectivity index (χ0n) is 39.6. The molecule has 0 unspecified atom stereocenters. The highest BCUT2D eigenvalue weighted by molar-refractivity contribution is 7.52. The van der Waals surface area contributed by atoms with Gasteiger partial charge in [-0.2, -0.15) is 19.4 Å². The maximum atomic E-state index is 15.2. The van der Waals surface area contributed by atoms with Crippen molar-refractivity contribution in [2.24, 2.45) is 0 Å². The molecule has 0 saturated carbocycles. The number of nitrogens with zero attached hydrogens (tertiary/aromatic N) is 4. The molecule has 14 nitrogen and oxygen atoms in total. The van der Waals surface area contributed by atoms with E-state index in [4.69, 9.17) is 35.4 Å². The number of fused-ring (bicyclic) bond motifs is 1. The molecule has 67 heavy (non-hydrogen) atoms. The number of terminal acetylenes is 1. The zero-order valence-corrected chi connectivity index (χ0v) is 40.5. The molecule has 4 aromatic rings. The first-order valence-electron chi connectivity index (χ1n) is 24.6. The second-order valence-corrected chi connectivity index (χ2v) is 19.2. The molecule has 16 heteroatoms. The Morgan fingerprint density at radius 2 is 1.46 bits per heavy atom. The van der Waals surface area contributed by atoms with Gasteiger partial charge in [-0.1, -0.05) is 177 Å². The van der Waals surface area contributed by atoms with Gasteiger partial charge in [-0.15, -0.1) is 6.42 Å². The van der Waals surface area contributed by atoms with E-state index in [1.54, 1.807) is 30.3 Å². The molecule has 0 bridgehead atoms. The van der Waals surface area contributed by atoms with Gasteiger partial charge in [0.25, 0.3) is 0 Å². The summed E-state index contributed by atoms with van der Waals surface area (Å²) in [6.07, 6.45) is 25.7. The van der Waals surface area contributed by atoms with Gasteiger partial charge in [-0.05, 0) is 37.0 Å². The molecular formula is C51H72FN6O8P. The van der Waals surface area contributed by atoms with Crippen molar-refractivity contribution in [3.05, 3.63) is 78.6 Å². The number of nitrogens with one attached hydrogen (secondary N) is 1. The largest absolute Gasteiger partial charge is 0.465 e. The molecule has 0 radical (unpaired) electrons. The van der Waals surface area contributed by atoms with Crippen molar-refractivity contribution in [3.8, 4) is 18.1 Å². The van der Waals surface area contributed by atoms with Crippen molar-refractivity contribution >= 4 is 36.7 Å². The number of halogens is 1. The number of rotatable bonds is 33. The molecule has 5 atom stereocenters. The first kappa shape index (κ1) is 53.1. The second kappa shape index (κ2) is 28.5. The summed E-state index contributed by atoms with van der Waals surface area (Å²) >= 11 is 0. The lowest BCUT2D eigenvalue weighted by Crippen LogP contribution is -2.46. The van der Waals surface area contributed by atoms with E-state index in [0.29, 0.717) is 12.8 Å².